The molecule has 0 bridgehead atoms. The SMILES string of the molecule is Cc1nnc(COc2c(Cl)cc(Br)cc2S(=O)(=O)Cl)o1. The second-order valence-corrected chi connectivity index (χ2v) is 7.51. The molecule has 0 atom stereocenters. The van der Waals surface area contributed by atoms with Gasteiger partial charge >= 0.3 is 0 Å². The van der Waals surface area contributed by atoms with Crippen LogP contribution in [-0.2, 0) is 15.7 Å². The molecule has 0 unspecified atom stereocenters. The van der Waals surface area contributed by atoms with Crippen molar-refractivity contribution in [3.8, 4) is 5.75 Å². The van der Waals surface area contributed by atoms with E-state index < -0.39 is 9.05 Å². The van der Waals surface area contributed by atoms with Gasteiger partial charge in [0, 0.05) is 22.1 Å². The third kappa shape index (κ3) is 3.63. The molecular formula is C10H7BrCl2N2O4S. The Balaban J connectivity index is 2.35. The topological polar surface area (TPSA) is 82.3 Å². The van der Waals surface area contributed by atoms with Crippen LogP contribution in [0.2, 0.25) is 5.02 Å². The van der Waals surface area contributed by atoms with Crippen molar-refractivity contribution in [1.82, 2.24) is 10.2 Å². The Bertz CT molecular complexity index is 748. The fourth-order valence-corrected chi connectivity index (χ4v) is 3.46. The zero-order valence-corrected chi connectivity index (χ0v) is 13.8. The Morgan fingerprint density at radius 1 is 1.40 bits per heavy atom. The van der Waals surface area contributed by atoms with Crippen LogP contribution in [0, 0.1) is 6.92 Å². The predicted octanol–water partition coefficient (Wildman–Crippen LogP) is 3.30. The van der Waals surface area contributed by atoms with Crippen molar-refractivity contribution < 1.29 is 17.6 Å². The average molecular weight is 402 g/mol. The normalized spacial score (nSPS) is 11.6. The van der Waals surface area contributed by atoms with Gasteiger partial charge in [-0.25, -0.2) is 8.42 Å². The van der Waals surface area contributed by atoms with Gasteiger partial charge in [-0.15, -0.1) is 10.2 Å². The molecule has 10 heteroatoms. The van der Waals surface area contributed by atoms with Crippen LogP contribution in [0.15, 0.2) is 25.9 Å². The van der Waals surface area contributed by atoms with Crippen molar-refractivity contribution >= 4 is 47.3 Å². The number of aromatic nitrogens is 2. The fraction of sp³-hybridized carbons (Fsp3) is 0.200. The van der Waals surface area contributed by atoms with E-state index in [9.17, 15) is 8.42 Å². The maximum atomic E-state index is 11.5. The summed E-state index contributed by atoms with van der Waals surface area (Å²) in [4.78, 5) is -0.241. The lowest BCUT2D eigenvalue weighted by Gasteiger charge is -2.10. The molecular weight excluding hydrogens is 395 g/mol. The lowest BCUT2D eigenvalue weighted by molar-refractivity contribution is 0.254. The van der Waals surface area contributed by atoms with Gasteiger partial charge in [0.2, 0.25) is 5.89 Å². The molecule has 0 amide bonds. The molecule has 2 rings (SSSR count). The first-order valence-electron chi connectivity index (χ1n) is 5.13. The van der Waals surface area contributed by atoms with Crippen molar-refractivity contribution in [1.29, 1.82) is 0 Å². The summed E-state index contributed by atoms with van der Waals surface area (Å²) in [6.45, 7) is 1.50. The van der Waals surface area contributed by atoms with Crippen molar-refractivity contribution in [2.75, 3.05) is 0 Å². The van der Waals surface area contributed by atoms with Crippen LogP contribution in [-0.4, -0.2) is 18.6 Å². The van der Waals surface area contributed by atoms with Crippen LogP contribution in [0.3, 0.4) is 0 Å². The summed E-state index contributed by atoms with van der Waals surface area (Å²) in [5, 5.41) is 7.44. The Morgan fingerprint density at radius 2 is 2.10 bits per heavy atom. The van der Waals surface area contributed by atoms with E-state index in [2.05, 4.69) is 26.1 Å². The number of rotatable bonds is 4. The maximum Gasteiger partial charge on any atom is 0.265 e. The number of hydrogen-bond donors (Lipinski definition) is 0. The average Bonchev–Trinajstić information content (AvgIpc) is 2.72. The van der Waals surface area contributed by atoms with Crippen LogP contribution in [0.1, 0.15) is 11.8 Å². The van der Waals surface area contributed by atoms with Crippen molar-refractivity contribution in [2.24, 2.45) is 0 Å². The molecule has 1 aromatic carbocycles. The number of benzene rings is 1. The highest BCUT2D eigenvalue weighted by Gasteiger charge is 2.21. The number of nitrogens with zero attached hydrogens (tertiary/aromatic N) is 2. The largest absolute Gasteiger partial charge is 0.481 e. The molecule has 0 radical (unpaired) electrons. The lowest BCUT2D eigenvalue weighted by atomic mass is 10.3. The minimum absolute atomic E-state index is 0.0688. The van der Waals surface area contributed by atoms with E-state index in [1.165, 1.54) is 12.1 Å². The summed E-state index contributed by atoms with van der Waals surface area (Å²) in [6, 6.07) is 2.78. The molecule has 1 heterocycles. The third-order valence-electron chi connectivity index (χ3n) is 2.14. The van der Waals surface area contributed by atoms with Crippen molar-refractivity contribution in [3.05, 3.63) is 33.4 Å². The summed E-state index contributed by atoms with van der Waals surface area (Å²) in [7, 11) is 1.34. The molecule has 108 valence electrons. The first-order chi connectivity index (χ1) is 9.27. The first kappa shape index (κ1) is 15.6. The van der Waals surface area contributed by atoms with Gasteiger partial charge < -0.3 is 9.15 Å². The molecule has 2 aromatic rings. The molecule has 0 saturated heterocycles. The highest BCUT2D eigenvalue weighted by Crippen LogP contribution is 2.37. The monoisotopic (exact) mass is 400 g/mol. The van der Waals surface area contributed by atoms with E-state index in [1.807, 2.05) is 0 Å². The minimum Gasteiger partial charge on any atom is -0.481 e. The second kappa shape index (κ2) is 5.88. The van der Waals surface area contributed by atoms with Gasteiger partial charge in [-0.1, -0.05) is 27.5 Å². The molecule has 6 nitrogen and oxygen atoms in total. The van der Waals surface area contributed by atoms with E-state index >= 15 is 0 Å². The van der Waals surface area contributed by atoms with Crippen LogP contribution in [0.25, 0.3) is 0 Å². The summed E-state index contributed by atoms with van der Waals surface area (Å²) < 4.78 is 34.0. The Labute approximate surface area is 132 Å². The van der Waals surface area contributed by atoms with Crippen LogP contribution >= 0.6 is 38.2 Å². The highest BCUT2D eigenvalue weighted by atomic mass is 79.9. The fourth-order valence-electron chi connectivity index (χ4n) is 1.39. The second-order valence-electron chi connectivity index (χ2n) is 3.66. The van der Waals surface area contributed by atoms with Crippen molar-refractivity contribution in [2.45, 2.75) is 18.4 Å². The lowest BCUT2D eigenvalue weighted by Crippen LogP contribution is -2.02. The van der Waals surface area contributed by atoms with Gasteiger partial charge in [-0.05, 0) is 12.1 Å². The van der Waals surface area contributed by atoms with E-state index in [0.29, 0.717) is 10.4 Å². The molecule has 0 aliphatic heterocycles. The minimum atomic E-state index is -4.01. The Hall–Kier alpha value is -0.830. The van der Waals surface area contributed by atoms with E-state index in [0.717, 1.165) is 0 Å². The quantitative estimate of drug-likeness (QED) is 0.731. The molecule has 0 fully saturated rings. The van der Waals surface area contributed by atoms with E-state index in [4.69, 9.17) is 31.4 Å². The number of ether oxygens (including phenoxy) is 1. The Morgan fingerprint density at radius 3 is 2.65 bits per heavy atom. The number of aryl methyl sites for hydroxylation is 1. The van der Waals surface area contributed by atoms with Gasteiger partial charge in [0.05, 0.1) is 5.02 Å². The Kier molecular flexibility index (Phi) is 4.58. The third-order valence-corrected chi connectivity index (χ3v) is 4.21. The molecule has 0 spiro atoms. The summed E-state index contributed by atoms with van der Waals surface area (Å²) in [5.41, 5.74) is 0. The molecule has 0 aliphatic rings. The smallest absolute Gasteiger partial charge is 0.265 e. The molecule has 20 heavy (non-hydrogen) atoms. The van der Waals surface area contributed by atoms with Crippen LogP contribution in [0.5, 0.6) is 5.75 Å². The van der Waals surface area contributed by atoms with Gasteiger partial charge in [-0.2, -0.15) is 0 Å². The van der Waals surface area contributed by atoms with Gasteiger partial charge in [0.15, 0.2) is 12.4 Å². The molecule has 0 N–H and O–H groups in total. The van der Waals surface area contributed by atoms with Gasteiger partial charge in [0.25, 0.3) is 14.9 Å². The van der Waals surface area contributed by atoms with Gasteiger partial charge in [-0.3, -0.25) is 0 Å². The highest BCUT2D eigenvalue weighted by molar-refractivity contribution is 9.10. The maximum absolute atomic E-state index is 11.5. The van der Waals surface area contributed by atoms with Crippen LogP contribution < -0.4 is 4.74 Å². The van der Waals surface area contributed by atoms with Gasteiger partial charge in [0.1, 0.15) is 4.90 Å². The zero-order chi connectivity index (χ0) is 14.9. The number of hydrogen-bond acceptors (Lipinski definition) is 6. The van der Waals surface area contributed by atoms with E-state index in [1.54, 1.807) is 6.92 Å². The molecule has 0 aliphatic carbocycles. The van der Waals surface area contributed by atoms with E-state index in [-0.39, 0.29) is 28.2 Å². The summed E-state index contributed by atoms with van der Waals surface area (Å²) in [6.07, 6.45) is 0. The first-order valence-corrected chi connectivity index (χ1v) is 8.61. The van der Waals surface area contributed by atoms with Crippen molar-refractivity contribution in [3.63, 3.8) is 0 Å². The standard InChI is InChI=1S/C10H7BrCl2N2O4S/c1-5-14-15-9(19-5)4-18-10-7(12)2-6(11)3-8(10)20(13,16)17/h2-3H,4H2,1H3. The van der Waals surface area contributed by atoms with Crippen LogP contribution in [0.4, 0.5) is 0 Å². The number of halogens is 3. The zero-order valence-electron chi connectivity index (χ0n) is 9.93. The summed E-state index contributed by atoms with van der Waals surface area (Å²) in [5.74, 6) is 0.496. The summed E-state index contributed by atoms with van der Waals surface area (Å²) >= 11 is 9.10. The molecule has 1 aromatic heterocycles. The predicted molar refractivity (Wildman–Crippen MR) is 75.6 cm³/mol. The molecule has 0 saturated carbocycles.